The lowest BCUT2D eigenvalue weighted by molar-refractivity contribution is -0.645. The molecule has 0 atom stereocenters. The Morgan fingerprint density at radius 2 is 1.66 bits per heavy atom. The molecule has 0 bridgehead atoms. The molecule has 0 saturated carbocycles. The molecule has 6 nitrogen and oxygen atoms in total. The Balaban J connectivity index is 0.000000321. The van der Waals surface area contributed by atoms with Crippen LogP contribution in [0.2, 0.25) is 0 Å². The zero-order chi connectivity index (χ0) is 22.1. The van der Waals surface area contributed by atoms with E-state index >= 15 is 0 Å². The van der Waals surface area contributed by atoms with Gasteiger partial charge in [0, 0.05) is 0 Å². The number of hydrogen-bond donors (Lipinski definition) is 0. The van der Waals surface area contributed by atoms with Crippen molar-refractivity contribution < 1.29 is 30.7 Å². The Bertz CT molecular complexity index is 1200. The zero-order valence-electron chi connectivity index (χ0n) is 16.1. The van der Waals surface area contributed by atoms with Crippen molar-refractivity contribution >= 4 is 21.2 Å². The number of para-hydroxylation sites is 1. The molecule has 1 heterocycles. The van der Waals surface area contributed by atoms with Crippen LogP contribution in [0.3, 0.4) is 0 Å². The van der Waals surface area contributed by atoms with Gasteiger partial charge in [-0.2, -0.15) is 23.0 Å². The third-order valence-corrected chi connectivity index (χ3v) is 5.08. The molecule has 0 aliphatic rings. The molecule has 3 aromatic rings. The summed E-state index contributed by atoms with van der Waals surface area (Å²) >= 11 is 0. The van der Waals surface area contributed by atoms with E-state index in [0.29, 0.717) is 5.56 Å². The van der Waals surface area contributed by atoms with Crippen LogP contribution < -0.4 is 4.57 Å². The summed E-state index contributed by atoms with van der Waals surface area (Å²) in [6.45, 7) is 6.42. The number of nitriles is 1. The van der Waals surface area contributed by atoms with Crippen molar-refractivity contribution in [2.24, 2.45) is 7.05 Å². The van der Waals surface area contributed by atoms with E-state index in [0.717, 1.165) is 16.7 Å². The smallest absolute Gasteiger partial charge is 0.485 e. The highest BCUT2D eigenvalue weighted by Crippen LogP contribution is 2.23. The minimum Gasteiger partial charge on any atom is -0.741 e. The lowest BCUT2D eigenvalue weighted by Gasteiger charge is -2.08. The van der Waals surface area contributed by atoms with Crippen LogP contribution in [0.4, 0.5) is 13.2 Å². The van der Waals surface area contributed by atoms with E-state index < -0.39 is 15.6 Å². The summed E-state index contributed by atoms with van der Waals surface area (Å²) < 4.78 is 63.1. The predicted octanol–water partition coefficient (Wildman–Crippen LogP) is 3.30. The Morgan fingerprint density at radius 1 is 1.14 bits per heavy atom. The van der Waals surface area contributed by atoms with Crippen molar-refractivity contribution in [3.8, 4) is 11.8 Å². The number of alkyl halides is 3. The van der Waals surface area contributed by atoms with Gasteiger partial charge in [0.05, 0.1) is 7.05 Å². The molecule has 2 aromatic carbocycles. The van der Waals surface area contributed by atoms with Gasteiger partial charge in [0.1, 0.15) is 17.3 Å². The molecule has 0 radical (unpaired) electrons. The van der Waals surface area contributed by atoms with E-state index in [1.54, 1.807) is 0 Å². The lowest BCUT2D eigenvalue weighted by Crippen LogP contribution is -2.26. The average molecular weight is 425 g/mol. The zero-order valence-corrected chi connectivity index (χ0v) is 16.9. The van der Waals surface area contributed by atoms with Crippen molar-refractivity contribution in [1.82, 2.24) is 4.57 Å². The molecule has 10 heteroatoms. The SMILES string of the molecule is Cc1cc(-n2c[n+](C)c3c(C#N)cccc32)cc(C)c1C.O=S(=O)([O-])C(F)(F)F. The predicted molar refractivity (Wildman–Crippen MR) is 99.1 cm³/mol. The van der Waals surface area contributed by atoms with Gasteiger partial charge in [-0.25, -0.2) is 13.0 Å². The molecule has 0 spiro atoms. The third kappa shape index (κ3) is 4.58. The van der Waals surface area contributed by atoms with Gasteiger partial charge in [0.2, 0.25) is 6.33 Å². The van der Waals surface area contributed by atoms with Crippen LogP contribution in [0.15, 0.2) is 36.7 Å². The number of imidazole rings is 1. The molecule has 0 unspecified atom stereocenters. The summed E-state index contributed by atoms with van der Waals surface area (Å²) in [5, 5.41) is 9.29. The first-order valence-corrected chi connectivity index (χ1v) is 9.69. The summed E-state index contributed by atoms with van der Waals surface area (Å²) in [5.74, 6) is 0. The highest BCUT2D eigenvalue weighted by Gasteiger charge is 2.36. The van der Waals surface area contributed by atoms with Crippen molar-refractivity contribution in [2.75, 3.05) is 0 Å². The van der Waals surface area contributed by atoms with E-state index in [4.69, 9.17) is 13.0 Å². The topological polar surface area (TPSA) is 89.8 Å². The van der Waals surface area contributed by atoms with Gasteiger partial charge in [0.15, 0.2) is 21.2 Å². The number of nitrogens with zero attached hydrogens (tertiary/aromatic N) is 3. The summed E-state index contributed by atoms with van der Waals surface area (Å²) in [5.41, 5.74) is 2.11. The maximum atomic E-state index is 10.7. The molecule has 3 rings (SSSR count). The molecule has 29 heavy (non-hydrogen) atoms. The lowest BCUT2D eigenvalue weighted by atomic mass is 10.0. The molecule has 1 aromatic heterocycles. The van der Waals surface area contributed by atoms with Crippen molar-refractivity contribution in [3.05, 3.63) is 58.9 Å². The van der Waals surface area contributed by atoms with Gasteiger partial charge >= 0.3 is 5.51 Å². The van der Waals surface area contributed by atoms with Crippen LogP contribution in [-0.4, -0.2) is 23.0 Å². The van der Waals surface area contributed by atoms with Crippen molar-refractivity contribution in [1.29, 1.82) is 5.26 Å². The molecule has 154 valence electrons. The molecule has 0 saturated heterocycles. The molecule has 0 N–H and O–H groups in total. The molecule has 0 aliphatic heterocycles. The van der Waals surface area contributed by atoms with E-state index in [-0.39, 0.29) is 0 Å². The highest BCUT2D eigenvalue weighted by atomic mass is 32.2. The first kappa shape index (κ1) is 22.4. The standard InChI is InChI=1S/C18H18N3.CHF3O3S/c1-12-8-16(9-13(2)14(12)3)21-11-20(4)18-15(10-19)6-5-7-17(18)21;2-1(3,4)8(5,6)7/h5-9,11H,1-4H3;(H,5,6,7)/q+1;/p-1. The Labute approximate surface area is 166 Å². The summed E-state index contributed by atoms with van der Waals surface area (Å²) in [4.78, 5) is 0. The van der Waals surface area contributed by atoms with Gasteiger partial charge in [-0.1, -0.05) is 6.07 Å². The normalized spacial score (nSPS) is 11.7. The van der Waals surface area contributed by atoms with Crippen LogP contribution in [0, 0.1) is 32.1 Å². The van der Waals surface area contributed by atoms with E-state index in [9.17, 15) is 18.4 Å². The van der Waals surface area contributed by atoms with E-state index in [1.807, 2.05) is 30.1 Å². The van der Waals surface area contributed by atoms with Gasteiger partial charge in [-0.15, -0.1) is 0 Å². The molecule has 0 amide bonds. The van der Waals surface area contributed by atoms with Crippen molar-refractivity contribution in [2.45, 2.75) is 26.3 Å². The Kier molecular flexibility index (Phi) is 6.06. The number of rotatable bonds is 1. The van der Waals surface area contributed by atoms with Gasteiger partial charge in [-0.3, -0.25) is 0 Å². The minimum absolute atomic E-state index is 0.703. The fraction of sp³-hybridized carbons (Fsp3) is 0.263. The molecular weight excluding hydrogens is 407 g/mol. The number of hydrogen-bond acceptors (Lipinski definition) is 4. The summed E-state index contributed by atoms with van der Waals surface area (Å²) in [6, 6.07) is 12.5. The first-order valence-electron chi connectivity index (χ1n) is 8.28. The van der Waals surface area contributed by atoms with Crippen LogP contribution in [0.25, 0.3) is 16.7 Å². The van der Waals surface area contributed by atoms with Gasteiger partial charge < -0.3 is 4.55 Å². The summed E-state index contributed by atoms with van der Waals surface area (Å²) in [7, 11) is -4.11. The number of benzene rings is 2. The number of aromatic nitrogens is 2. The van der Waals surface area contributed by atoms with E-state index in [1.165, 1.54) is 16.7 Å². The maximum Gasteiger partial charge on any atom is 0.485 e. The third-order valence-electron chi connectivity index (χ3n) is 4.51. The minimum atomic E-state index is -6.09. The molecule has 0 fully saturated rings. The van der Waals surface area contributed by atoms with E-state index in [2.05, 4.69) is 49.6 Å². The van der Waals surface area contributed by atoms with Crippen LogP contribution >= 0.6 is 0 Å². The van der Waals surface area contributed by atoms with Crippen LogP contribution in [0.1, 0.15) is 22.3 Å². The first-order chi connectivity index (χ1) is 13.3. The van der Waals surface area contributed by atoms with Crippen LogP contribution in [0.5, 0.6) is 0 Å². The van der Waals surface area contributed by atoms with Crippen LogP contribution in [-0.2, 0) is 17.2 Å². The second kappa shape index (κ2) is 7.85. The fourth-order valence-corrected chi connectivity index (χ4v) is 2.84. The van der Waals surface area contributed by atoms with Gasteiger partial charge in [0.25, 0.3) is 0 Å². The number of fused-ring (bicyclic) bond motifs is 1. The van der Waals surface area contributed by atoms with Crippen molar-refractivity contribution in [3.63, 3.8) is 0 Å². The molecule has 0 aliphatic carbocycles. The fourth-order valence-electron chi connectivity index (χ4n) is 2.84. The molecular formula is C19H18F3N3O3S. The Morgan fingerprint density at radius 3 is 2.10 bits per heavy atom. The average Bonchev–Trinajstić information content (AvgIpc) is 2.95. The highest BCUT2D eigenvalue weighted by molar-refractivity contribution is 7.86. The quantitative estimate of drug-likeness (QED) is 0.340. The maximum absolute atomic E-state index is 10.7. The monoisotopic (exact) mass is 425 g/mol. The van der Waals surface area contributed by atoms with Gasteiger partial charge in [-0.05, 0) is 61.7 Å². The second-order valence-corrected chi connectivity index (χ2v) is 7.86. The summed E-state index contributed by atoms with van der Waals surface area (Å²) in [6.07, 6.45) is 2.04. The Hall–Kier alpha value is -2.90. The second-order valence-electron chi connectivity index (χ2n) is 6.49. The number of halogens is 3. The number of aryl methyl sites for hydroxylation is 3. The largest absolute Gasteiger partial charge is 0.741 e.